The van der Waals surface area contributed by atoms with Gasteiger partial charge in [0.1, 0.15) is 5.82 Å². The van der Waals surface area contributed by atoms with E-state index in [1.54, 1.807) is 30.5 Å². The van der Waals surface area contributed by atoms with Crippen LogP contribution in [-0.4, -0.2) is 68.0 Å². The van der Waals surface area contributed by atoms with Crippen LogP contribution in [0.25, 0.3) is 22.0 Å². The average molecular weight is 598 g/mol. The molecule has 0 radical (unpaired) electrons. The van der Waals surface area contributed by atoms with Crippen LogP contribution in [0.2, 0.25) is 0 Å². The summed E-state index contributed by atoms with van der Waals surface area (Å²) in [6.45, 7) is 4.18. The predicted octanol–water partition coefficient (Wildman–Crippen LogP) is 4.44. The van der Waals surface area contributed by atoms with Crippen molar-refractivity contribution in [1.29, 1.82) is 0 Å². The number of nitrogens with two attached hydrogens (primary N) is 1. The molecule has 2 aliphatic heterocycles. The van der Waals surface area contributed by atoms with E-state index in [-0.39, 0.29) is 6.04 Å². The number of nitrogens with zero attached hydrogens (tertiary/aromatic N) is 4. The molecular formula is C33H39N7O2S. The molecule has 0 saturated carbocycles. The molecular weight excluding hydrogens is 558 g/mol. The lowest BCUT2D eigenvalue weighted by Crippen LogP contribution is -2.46. The zero-order chi connectivity index (χ0) is 29.4. The van der Waals surface area contributed by atoms with Gasteiger partial charge < -0.3 is 21.3 Å². The molecule has 4 heterocycles. The largest absolute Gasteiger partial charge is 0.369 e. The summed E-state index contributed by atoms with van der Waals surface area (Å²) in [5.41, 5.74) is 14.4. The van der Waals surface area contributed by atoms with Crippen molar-refractivity contribution in [3.8, 4) is 11.1 Å². The van der Waals surface area contributed by atoms with Crippen molar-refractivity contribution in [2.24, 2.45) is 5.73 Å². The first kappa shape index (κ1) is 28.2. The summed E-state index contributed by atoms with van der Waals surface area (Å²) in [5, 5.41) is 7.75. The molecule has 1 atom stereocenters. The minimum atomic E-state index is -3.50. The van der Waals surface area contributed by atoms with E-state index in [9.17, 15) is 8.42 Å². The molecule has 43 heavy (non-hydrogen) atoms. The van der Waals surface area contributed by atoms with Crippen molar-refractivity contribution in [3.63, 3.8) is 0 Å². The molecule has 2 aromatic heterocycles. The van der Waals surface area contributed by atoms with Crippen LogP contribution in [0.5, 0.6) is 0 Å². The summed E-state index contributed by atoms with van der Waals surface area (Å²) >= 11 is 0. The van der Waals surface area contributed by atoms with Crippen molar-refractivity contribution >= 4 is 38.1 Å². The van der Waals surface area contributed by atoms with Gasteiger partial charge >= 0.3 is 0 Å². The number of benzene rings is 2. The fourth-order valence-corrected chi connectivity index (χ4v) is 8.12. The van der Waals surface area contributed by atoms with E-state index in [0.29, 0.717) is 36.9 Å². The summed E-state index contributed by atoms with van der Waals surface area (Å²) in [6.07, 6.45) is 8.59. The number of anilines is 3. The van der Waals surface area contributed by atoms with Crippen LogP contribution in [-0.2, 0) is 22.9 Å². The van der Waals surface area contributed by atoms with Crippen LogP contribution in [0.1, 0.15) is 36.9 Å². The average Bonchev–Trinajstić information content (AvgIpc) is 3.32. The highest BCUT2D eigenvalue weighted by Crippen LogP contribution is 2.39. The Kier molecular flexibility index (Phi) is 7.77. The molecule has 0 spiro atoms. The lowest BCUT2D eigenvalue weighted by Gasteiger charge is -2.26. The molecule has 2 aromatic carbocycles. The lowest BCUT2D eigenvalue weighted by molar-refractivity contribution is 0.360. The van der Waals surface area contributed by atoms with Gasteiger partial charge in [0.15, 0.2) is 0 Å². The van der Waals surface area contributed by atoms with E-state index < -0.39 is 10.0 Å². The number of aryl methyl sites for hydroxylation is 1. The van der Waals surface area contributed by atoms with Crippen molar-refractivity contribution in [2.45, 2.75) is 49.5 Å². The molecule has 3 aliphatic rings. The van der Waals surface area contributed by atoms with Gasteiger partial charge in [-0.05, 0) is 97.3 Å². The zero-order valence-corrected chi connectivity index (χ0v) is 25.2. The van der Waals surface area contributed by atoms with Crippen LogP contribution in [0.15, 0.2) is 65.7 Å². The minimum absolute atomic E-state index is 0.206. The first-order valence-electron chi connectivity index (χ1n) is 15.5. The van der Waals surface area contributed by atoms with Crippen molar-refractivity contribution in [3.05, 3.63) is 72.1 Å². The maximum Gasteiger partial charge on any atom is 0.243 e. The summed E-state index contributed by atoms with van der Waals surface area (Å²) < 4.78 is 27.6. The number of nitrogens with one attached hydrogen (secondary N) is 2. The lowest BCUT2D eigenvalue weighted by atomic mass is 9.97. The molecule has 0 unspecified atom stereocenters. The fraction of sp³-hybridized carbons (Fsp3) is 0.394. The maximum absolute atomic E-state index is 13.0. The Labute approximate surface area is 253 Å². The highest BCUT2D eigenvalue weighted by atomic mass is 32.2. The maximum atomic E-state index is 13.0. The normalized spacial score (nSPS) is 19.7. The van der Waals surface area contributed by atoms with Gasteiger partial charge in [0.05, 0.1) is 16.1 Å². The summed E-state index contributed by atoms with van der Waals surface area (Å²) in [4.78, 5) is 12.5. The van der Waals surface area contributed by atoms with Gasteiger partial charge in [-0.1, -0.05) is 12.5 Å². The molecule has 2 fully saturated rings. The third-order valence-electron chi connectivity index (χ3n) is 8.96. The summed E-state index contributed by atoms with van der Waals surface area (Å²) in [5.74, 6) is 0.695. The van der Waals surface area contributed by atoms with Gasteiger partial charge in [0.2, 0.25) is 10.0 Å². The van der Waals surface area contributed by atoms with E-state index in [1.807, 2.05) is 12.1 Å². The second kappa shape index (κ2) is 11.8. The Hall–Kier alpha value is -3.57. The predicted molar refractivity (Wildman–Crippen MR) is 172 cm³/mol. The molecule has 224 valence electrons. The van der Waals surface area contributed by atoms with Gasteiger partial charge in [-0.3, -0.25) is 4.98 Å². The standard InChI is InChI=1S/C33H39N7O2S/c34-25-13-17-39(22-25)33-28-4-2-1-3-5-30(28)38-31-11-6-23(20-29(31)33)24-12-14-36-32(21-24)37-26-7-9-27(10-8-26)43(41,42)40-18-15-35-16-19-40/h6-12,14,20-21,25,35H,1-5,13,15-19,22,34H2,(H,36,37)/t25-/m0/s1. The second-order valence-corrected chi connectivity index (χ2v) is 13.8. The van der Waals surface area contributed by atoms with E-state index in [1.165, 1.54) is 45.9 Å². The van der Waals surface area contributed by atoms with E-state index in [4.69, 9.17) is 10.7 Å². The smallest absolute Gasteiger partial charge is 0.243 e. The van der Waals surface area contributed by atoms with Crippen LogP contribution in [0.3, 0.4) is 0 Å². The number of fused-ring (bicyclic) bond motifs is 2. The Morgan fingerprint density at radius 3 is 2.49 bits per heavy atom. The quantitative estimate of drug-likeness (QED) is 0.280. The molecule has 4 N–H and O–H groups in total. The van der Waals surface area contributed by atoms with Gasteiger partial charge in [-0.15, -0.1) is 0 Å². The number of rotatable bonds is 6. The monoisotopic (exact) mass is 597 g/mol. The Morgan fingerprint density at radius 1 is 0.907 bits per heavy atom. The summed E-state index contributed by atoms with van der Waals surface area (Å²) in [7, 11) is -3.50. The Morgan fingerprint density at radius 2 is 1.70 bits per heavy atom. The number of hydrogen-bond acceptors (Lipinski definition) is 8. The van der Waals surface area contributed by atoms with Gasteiger partial charge in [-0.25, -0.2) is 13.4 Å². The van der Waals surface area contributed by atoms with Gasteiger partial charge in [-0.2, -0.15) is 4.31 Å². The van der Waals surface area contributed by atoms with Gasteiger partial charge in [0.25, 0.3) is 0 Å². The highest BCUT2D eigenvalue weighted by molar-refractivity contribution is 7.89. The number of sulfonamides is 1. The molecule has 0 bridgehead atoms. The molecule has 9 nitrogen and oxygen atoms in total. The van der Waals surface area contributed by atoms with Gasteiger partial charge in [0, 0.05) is 68.3 Å². The first-order chi connectivity index (χ1) is 21.0. The van der Waals surface area contributed by atoms with E-state index >= 15 is 0 Å². The molecule has 0 amide bonds. The van der Waals surface area contributed by atoms with Crippen LogP contribution < -0.4 is 21.3 Å². The van der Waals surface area contributed by atoms with Crippen molar-refractivity contribution in [2.75, 3.05) is 49.5 Å². The number of hydrogen-bond donors (Lipinski definition) is 3. The Balaban J connectivity index is 1.18. The number of piperazine rings is 1. The third-order valence-corrected chi connectivity index (χ3v) is 10.9. The Bertz CT molecular complexity index is 1740. The van der Waals surface area contributed by atoms with Crippen LogP contribution in [0.4, 0.5) is 17.2 Å². The molecule has 1 aliphatic carbocycles. The molecule has 10 heteroatoms. The van der Waals surface area contributed by atoms with E-state index in [0.717, 1.165) is 54.7 Å². The topological polar surface area (TPSA) is 116 Å². The van der Waals surface area contributed by atoms with Crippen molar-refractivity contribution in [1.82, 2.24) is 19.6 Å². The zero-order valence-electron chi connectivity index (χ0n) is 24.4. The van der Waals surface area contributed by atoms with Crippen LogP contribution in [0, 0.1) is 0 Å². The first-order valence-corrected chi connectivity index (χ1v) is 16.9. The second-order valence-electron chi connectivity index (χ2n) is 11.9. The molecule has 2 saturated heterocycles. The SMILES string of the molecule is N[C@H]1CCN(c2c3c(nc4ccc(-c5ccnc(Nc6ccc(S(=O)(=O)N7CCNCC7)cc6)c5)cc24)CCCCC3)C1. The molecule has 7 rings (SSSR count). The van der Waals surface area contributed by atoms with Crippen molar-refractivity contribution < 1.29 is 8.42 Å². The summed E-state index contributed by atoms with van der Waals surface area (Å²) in [6, 6.07) is 17.8. The van der Waals surface area contributed by atoms with E-state index in [2.05, 4.69) is 38.7 Å². The van der Waals surface area contributed by atoms with Crippen LogP contribution >= 0.6 is 0 Å². The molecule has 4 aromatic rings. The highest BCUT2D eigenvalue weighted by Gasteiger charge is 2.27. The number of aromatic nitrogens is 2. The minimum Gasteiger partial charge on any atom is -0.369 e. The number of pyridine rings is 2. The third kappa shape index (κ3) is 5.72. The fourth-order valence-electron chi connectivity index (χ4n) is 6.68.